The second-order valence-corrected chi connectivity index (χ2v) is 6.83. The highest BCUT2D eigenvalue weighted by Gasteiger charge is 2.29. The van der Waals surface area contributed by atoms with Gasteiger partial charge in [-0.1, -0.05) is 12.1 Å². The van der Waals surface area contributed by atoms with Crippen LogP contribution in [0.2, 0.25) is 0 Å². The summed E-state index contributed by atoms with van der Waals surface area (Å²) in [5.74, 6) is -2.26. The Morgan fingerprint density at radius 2 is 1.71 bits per heavy atom. The first-order chi connectivity index (χ1) is 13.1. The summed E-state index contributed by atoms with van der Waals surface area (Å²) >= 11 is 0. The molecule has 2 N–H and O–H groups in total. The fourth-order valence-corrected chi connectivity index (χ4v) is 2.53. The van der Waals surface area contributed by atoms with Crippen LogP contribution in [0.3, 0.4) is 0 Å². The molecule has 0 atom stereocenters. The number of carboxylic acid groups (broad SMARTS) is 1. The molecule has 28 heavy (non-hydrogen) atoms. The summed E-state index contributed by atoms with van der Waals surface area (Å²) < 4.78 is 18.5. The van der Waals surface area contributed by atoms with Crippen LogP contribution in [0.1, 0.15) is 42.6 Å². The number of carboxylic acids is 1. The molecule has 0 heterocycles. The highest BCUT2D eigenvalue weighted by Crippen LogP contribution is 2.25. The number of Topliss-reactive ketones (excluding diaryl/α,β-unsaturated/α-hetero) is 1. The molecule has 2 aromatic carbocycles. The molecule has 0 fully saturated rings. The number of ketones is 1. The van der Waals surface area contributed by atoms with Gasteiger partial charge in [-0.25, -0.2) is 4.39 Å². The molecule has 2 rings (SSSR count). The molecule has 0 aliphatic carbocycles. The second kappa shape index (κ2) is 8.65. The molecule has 0 radical (unpaired) electrons. The summed E-state index contributed by atoms with van der Waals surface area (Å²) in [6.45, 7) is 3.19. The molecular formula is C21H22FNO5. The number of anilines is 1. The van der Waals surface area contributed by atoms with E-state index in [1.54, 1.807) is 38.1 Å². The van der Waals surface area contributed by atoms with E-state index < -0.39 is 17.2 Å². The third-order valence-electron chi connectivity index (χ3n) is 4.48. The van der Waals surface area contributed by atoms with Crippen molar-refractivity contribution in [3.05, 3.63) is 59.4 Å². The average molecular weight is 387 g/mol. The monoisotopic (exact) mass is 387 g/mol. The minimum absolute atomic E-state index is 0.0452. The molecule has 0 aliphatic heterocycles. The van der Waals surface area contributed by atoms with E-state index in [1.807, 2.05) is 0 Å². The summed E-state index contributed by atoms with van der Waals surface area (Å²) in [7, 11) is 1.33. The average Bonchev–Trinajstić information content (AvgIpc) is 2.66. The Bertz CT molecular complexity index is 890. The summed E-state index contributed by atoms with van der Waals surface area (Å²) in [5, 5.41) is 11.9. The predicted octanol–water partition coefficient (Wildman–Crippen LogP) is 3.80. The van der Waals surface area contributed by atoms with Crippen LogP contribution in [0.15, 0.2) is 42.5 Å². The Balaban J connectivity index is 1.93. The van der Waals surface area contributed by atoms with E-state index in [2.05, 4.69) is 5.32 Å². The van der Waals surface area contributed by atoms with Gasteiger partial charge in [-0.3, -0.25) is 14.4 Å². The minimum atomic E-state index is -1.04. The van der Waals surface area contributed by atoms with Crippen molar-refractivity contribution in [1.82, 2.24) is 0 Å². The molecule has 6 nitrogen and oxygen atoms in total. The Labute approximate surface area is 162 Å². The van der Waals surface area contributed by atoms with E-state index in [9.17, 15) is 23.9 Å². The van der Waals surface area contributed by atoms with Crippen LogP contribution < -0.4 is 10.1 Å². The highest BCUT2D eigenvalue weighted by molar-refractivity contribution is 6.00. The van der Waals surface area contributed by atoms with Crippen molar-refractivity contribution in [3.63, 3.8) is 0 Å². The second-order valence-electron chi connectivity index (χ2n) is 6.83. The predicted molar refractivity (Wildman–Crippen MR) is 102 cm³/mol. The number of rotatable bonds is 8. The lowest BCUT2D eigenvalue weighted by atomic mass is 9.85. The van der Waals surface area contributed by atoms with Crippen molar-refractivity contribution in [2.45, 2.75) is 32.1 Å². The third kappa shape index (κ3) is 4.94. The van der Waals surface area contributed by atoms with E-state index in [0.717, 1.165) is 6.07 Å². The van der Waals surface area contributed by atoms with Crippen LogP contribution in [-0.4, -0.2) is 29.9 Å². The van der Waals surface area contributed by atoms with E-state index in [1.165, 1.54) is 19.2 Å². The number of aliphatic carboxylic acids is 1. The minimum Gasteiger partial charge on any atom is -0.494 e. The lowest BCUT2D eigenvalue weighted by Crippen LogP contribution is -2.28. The Kier molecular flexibility index (Phi) is 6.51. The number of carbonyl (C=O) groups excluding carboxylic acids is 2. The number of hydrogen-bond donors (Lipinski definition) is 2. The lowest BCUT2D eigenvalue weighted by Gasteiger charge is -2.19. The number of hydrogen-bond acceptors (Lipinski definition) is 4. The Morgan fingerprint density at radius 3 is 2.25 bits per heavy atom. The van der Waals surface area contributed by atoms with Gasteiger partial charge in [0.05, 0.1) is 12.5 Å². The van der Waals surface area contributed by atoms with Crippen LogP contribution in [-0.2, 0) is 15.0 Å². The van der Waals surface area contributed by atoms with Crippen molar-refractivity contribution in [1.29, 1.82) is 0 Å². The van der Waals surface area contributed by atoms with Gasteiger partial charge in [0, 0.05) is 24.1 Å². The molecular weight excluding hydrogens is 365 g/mol. The number of amides is 1. The van der Waals surface area contributed by atoms with Crippen molar-refractivity contribution in [2.24, 2.45) is 0 Å². The zero-order chi connectivity index (χ0) is 20.9. The van der Waals surface area contributed by atoms with Gasteiger partial charge in [0.15, 0.2) is 17.3 Å². The molecule has 2 aromatic rings. The standard InChI is InChI=1S/C21H22FNO5/c1-21(2,20(26)27)14-5-7-15(8-6-14)23-19(25)11-9-17(24)13-4-10-18(28-3)16(22)12-13/h4-8,10,12H,9,11H2,1-3H3,(H,23,25)(H,26,27). The lowest BCUT2D eigenvalue weighted by molar-refractivity contribution is -0.142. The number of halogens is 1. The molecule has 0 saturated carbocycles. The van der Waals surface area contributed by atoms with Crippen molar-refractivity contribution >= 4 is 23.3 Å². The summed E-state index contributed by atoms with van der Waals surface area (Å²) in [6, 6.07) is 10.4. The number of benzene rings is 2. The quantitative estimate of drug-likeness (QED) is 0.672. The van der Waals surface area contributed by atoms with Gasteiger partial charge >= 0.3 is 5.97 Å². The summed E-state index contributed by atoms with van der Waals surface area (Å²) in [6.07, 6.45) is -0.128. The molecule has 0 spiro atoms. The van der Waals surface area contributed by atoms with E-state index in [0.29, 0.717) is 11.3 Å². The normalized spacial score (nSPS) is 11.0. The number of methoxy groups -OCH3 is 1. The maximum atomic E-state index is 13.7. The van der Waals surface area contributed by atoms with Crippen LogP contribution in [0.4, 0.5) is 10.1 Å². The number of ether oxygens (including phenoxy) is 1. The maximum Gasteiger partial charge on any atom is 0.313 e. The fourth-order valence-electron chi connectivity index (χ4n) is 2.53. The van der Waals surface area contributed by atoms with Gasteiger partial charge in [0.1, 0.15) is 0 Å². The zero-order valence-corrected chi connectivity index (χ0v) is 15.9. The maximum absolute atomic E-state index is 13.7. The first kappa shape index (κ1) is 21.1. The smallest absolute Gasteiger partial charge is 0.313 e. The first-order valence-electron chi connectivity index (χ1n) is 8.65. The highest BCUT2D eigenvalue weighted by atomic mass is 19.1. The molecule has 0 unspecified atom stereocenters. The van der Waals surface area contributed by atoms with Gasteiger partial charge in [-0.05, 0) is 49.7 Å². The molecule has 0 bridgehead atoms. The molecule has 0 aliphatic rings. The van der Waals surface area contributed by atoms with Crippen molar-refractivity contribution in [2.75, 3.05) is 12.4 Å². The van der Waals surface area contributed by atoms with Gasteiger partial charge in [0.25, 0.3) is 0 Å². The molecule has 7 heteroatoms. The van der Waals surface area contributed by atoms with Crippen molar-refractivity contribution < 1.29 is 28.6 Å². The van der Waals surface area contributed by atoms with Crippen LogP contribution >= 0.6 is 0 Å². The topological polar surface area (TPSA) is 92.7 Å². The molecule has 148 valence electrons. The van der Waals surface area contributed by atoms with E-state index >= 15 is 0 Å². The summed E-state index contributed by atoms with van der Waals surface area (Å²) in [5.41, 5.74) is 0.238. The third-order valence-corrected chi connectivity index (χ3v) is 4.48. The zero-order valence-electron chi connectivity index (χ0n) is 15.9. The Hall–Kier alpha value is -3.22. The summed E-state index contributed by atoms with van der Waals surface area (Å²) in [4.78, 5) is 35.5. The molecule has 0 aromatic heterocycles. The van der Waals surface area contributed by atoms with Gasteiger partial charge in [0.2, 0.25) is 5.91 Å². The van der Waals surface area contributed by atoms with Crippen LogP contribution in [0.25, 0.3) is 0 Å². The van der Waals surface area contributed by atoms with E-state index in [4.69, 9.17) is 4.74 Å². The van der Waals surface area contributed by atoms with Gasteiger partial charge in [-0.2, -0.15) is 0 Å². The largest absolute Gasteiger partial charge is 0.494 e. The van der Waals surface area contributed by atoms with Crippen molar-refractivity contribution in [3.8, 4) is 5.75 Å². The molecule has 0 saturated heterocycles. The van der Waals surface area contributed by atoms with Crippen LogP contribution in [0.5, 0.6) is 5.75 Å². The number of carbonyl (C=O) groups is 3. The van der Waals surface area contributed by atoms with Gasteiger partial charge in [-0.15, -0.1) is 0 Å². The molecule has 1 amide bonds. The SMILES string of the molecule is COc1ccc(C(=O)CCC(=O)Nc2ccc(C(C)(C)C(=O)O)cc2)cc1F. The van der Waals surface area contributed by atoms with Crippen LogP contribution in [0, 0.1) is 5.82 Å². The fraction of sp³-hybridized carbons (Fsp3) is 0.286. The van der Waals surface area contributed by atoms with E-state index in [-0.39, 0.29) is 35.8 Å². The van der Waals surface area contributed by atoms with Gasteiger partial charge < -0.3 is 15.2 Å². The Morgan fingerprint density at radius 1 is 1.07 bits per heavy atom. The number of nitrogens with one attached hydrogen (secondary N) is 1. The first-order valence-corrected chi connectivity index (χ1v) is 8.65.